The van der Waals surface area contributed by atoms with Gasteiger partial charge in [0.05, 0.1) is 35.3 Å². The van der Waals surface area contributed by atoms with E-state index in [9.17, 15) is 18.8 Å². The number of aromatic nitrogens is 1. The number of hydrogen-bond donors (Lipinski definition) is 1. The zero-order valence-electron chi connectivity index (χ0n) is 20.0. The van der Waals surface area contributed by atoms with E-state index >= 15 is 0 Å². The summed E-state index contributed by atoms with van der Waals surface area (Å²) in [5.74, 6) is -1.65. The van der Waals surface area contributed by atoms with Crippen LogP contribution in [0.3, 0.4) is 0 Å². The number of benzene rings is 3. The Hall–Kier alpha value is -4.72. The number of esters is 1. The van der Waals surface area contributed by atoms with Crippen LogP contribution in [0.4, 0.5) is 4.39 Å². The van der Waals surface area contributed by atoms with Crippen molar-refractivity contribution >= 4 is 34.1 Å². The lowest BCUT2D eigenvalue weighted by molar-refractivity contribution is -0.136. The normalized spacial score (nSPS) is 13.1. The van der Waals surface area contributed by atoms with E-state index in [4.69, 9.17) is 9.47 Å². The van der Waals surface area contributed by atoms with E-state index in [1.807, 2.05) is 30.3 Å². The lowest BCUT2D eigenvalue weighted by atomic mass is 10.0. The van der Waals surface area contributed by atoms with Crippen molar-refractivity contribution in [3.8, 4) is 5.75 Å². The highest BCUT2D eigenvalue weighted by Gasteiger charge is 2.33. The highest BCUT2D eigenvalue weighted by molar-refractivity contribution is 6.25. The van der Waals surface area contributed by atoms with E-state index in [-0.39, 0.29) is 47.9 Å². The van der Waals surface area contributed by atoms with Crippen LogP contribution in [-0.2, 0) is 16.1 Å². The molecule has 1 aromatic heterocycles. The molecule has 0 saturated heterocycles. The molecule has 0 fully saturated rings. The van der Waals surface area contributed by atoms with Gasteiger partial charge in [-0.15, -0.1) is 0 Å². The first-order valence-electron chi connectivity index (χ1n) is 11.8. The van der Waals surface area contributed by atoms with Gasteiger partial charge in [0.15, 0.2) is 5.78 Å². The van der Waals surface area contributed by atoms with Gasteiger partial charge in [-0.3, -0.25) is 9.59 Å². The van der Waals surface area contributed by atoms with E-state index < -0.39 is 17.7 Å². The lowest BCUT2D eigenvalue weighted by Gasteiger charge is -2.17. The number of halogens is 1. The van der Waals surface area contributed by atoms with Gasteiger partial charge in [-0.25, -0.2) is 9.18 Å². The number of ether oxygens (including phenoxy) is 2. The highest BCUT2D eigenvalue weighted by atomic mass is 19.1. The predicted octanol–water partition coefficient (Wildman–Crippen LogP) is 5.13. The Kier molecular flexibility index (Phi) is 6.55. The molecule has 1 aliphatic heterocycles. The molecule has 1 amide bonds. The van der Waals surface area contributed by atoms with Crippen molar-refractivity contribution < 1.29 is 28.2 Å². The van der Waals surface area contributed by atoms with Crippen molar-refractivity contribution in [3.05, 3.63) is 107 Å². The van der Waals surface area contributed by atoms with Crippen molar-refractivity contribution in [1.82, 2.24) is 9.88 Å². The molecule has 2 heterocycles. The molecule has 0 spiro atoms. The standard InChI is InChI=1S/C29H23FN2O5/c1-2-36-29(35)21-15-32(28(34)19-11-13-20(30)14-12-19)16-23(33)26-25-22(31-27(21)26)9-6-10-24(25)37-17-18-7-4-3-5-8-18/h3-15,31H,2,16-17H2,1H3. The second-order valence-electron chi connectivity index (χ2n) is 8.45. The number of nitrogens with one attached hydrogen (secondary N) is 1. The average molecular weight is 499 g/mol. The molecule has 7 nitrogen and oxygen atoms in total. The van der Waals surface area contributed by atoms with Crippen molar-refractivity contribution in [2.24, 2.45) is 0 Å². The Balaban J connectivity index is 1.59. The monoisotopic (exact) mass is 498 g/mol. The summed E-state index contributed by atoms with van der Waals surface area (Å²) in [5.41, 5.74) is 2.27. The third kappa shape index (κ3) is 4.73. The molecule has 5 rings (SSSR count). The maximum atomic E-state index is 13.6. The number of nitrogens with zero attached hydrogens (tertiary/aromatic N) is 1. The molecule has 0 unspecified atom stereocenters. The van der Waals surface area contributed by atoms with Crippen molar-refractivity contribution in [3.63, 3.8) is 0 Å². The van der Waals surface area contributed by atoms with Gasteiger partial charge in [-0.2, -0.15) is 0 Å². The van der Waals surface area contributed by atoms with Crippen molar-refractivity contribution in [2.75, 3.05) is 13.2 Å². The zero-order valence-corrected chi connectivity index (χ0v) is 20.0. The Morgan fingerprint density at radius 1 is 1.00 bits per heavy atom. The Morgan fingerprint density at radius 3 is 2.49 bits per heavy atom. The third-order valence-corrected chi connectivity index (χ3v) is 6.02. The molecule has 0 bridgehead atoms. The smallest absolute Gasteiger partial charge is 0.341 e. The number of rotatable bonds is 6. The number of hydrogen-bond acceptors (Lipinski definition) is 5. The van der Waals surface area contributed by atoms with Crippen LogP contribution in [0.2, 0.25) is 0 Å². The third-order valence-electron chi connectivity index (χ3n) is 6.02. The molecule has 0 radical (unpaired) electrons. The summed E-state index contributed by atoms with van der Waals surface area (Å²) >= 11 is 0. The van der Waals surface area contributed by atoms with E-state index in [2.05, 4.69) is 4.98 Å². The van der Waals surface area contributed by atoms with Crippen LogP contribution in [0.5, 0.6) is 5.75 Å². The Bertz CT molecular complexity index is 1520. The van der Waals surface area contributed by atoms with Crippen LogP contribution in [0.1, 0.15) is 38.9 Å². The SMILES string of the molecule is CCOC(=O)C1=CN(C(=O)c2ccc(F)cc2)CC(=O)c2c1[nH]c1cccc(OCc3ccccc3)c21. The predicted molar refractivity (Wildman–Crippen MR) is 135 cm³/mol. The first-order valence-corrected chi connectivity index (χ1v) is 11.8. The maximum Gasteiger partial charge on any atom is 0.341 e. The van der Waals surface area contributed by atoms with E-state index in [0.29, 0.717) is 16.7 Å². The summed E-state index contributed by atoms with van der Waals surface area (Å²) in [6.07, 6.45) is 1.31. The fraction of sp³-hybridized carbons (Fsp3) is 0.138. The number of H-pyrrole nitrogens is 1. The second kappa shape index (κ2) is 10.1. The van der Waals surface area contributed by atoms with Gasteiger partial charge >= 0.3 is 5.97 Å². The fourth-order valence-corrected chi connectivity index (χ4v) is 4.30. The van der Waals surface area contributed by atoms with Gasteiger partial charge < -0.3 is 19.4 Å². The summed E-state index contributed by atoms with van der Waals surface area (Å²) in [5, 5.41) is 0.518. The van der Waals surface area contributed by atoms with Crippen LogP contribution in [0.15, 0.2) is 79.0 Å². The molecule has 0 atom stereocenters. The molecule has 186 valence electrons. The molecular formula is C29H23FN2O5. The van der Waals surface area contributed by atoms with E-state index in [0.717, 1.165) is 22.6 Å². The number of ketones is 1. The number of amides is 1. The van der Waals surface area contributed by atoms with Crippen LogP contribution >= 0.6 is 0 Å². The summed E-state index contributed by atoms with van der Waals surface area (Å²) in [4.78, 5) is 44.1. The number of aromatic amines is 1. The van der Waals surface area contributed by atoms with Gasteiger partial charge in [0.2, 0.25) is 0 Å². The summed E-state index contributed by atoms with van der Waals surface area (Å²) in [7, 11) is 0. The number of Topliss-reactive ketones (excluding diaryl/α,β-unsaturated/α-hetero) is 1. The average Bonchev–Trinajstić information content (AvgIpc) is 3.24. The Labute approximate surface area is 212 Å². The zero-order chi connectivity index (χ0) is 25.9. The van der Waals surface area contributed by atoms with Crippen LogP contribution < -0.4 is 4.74 Å². The van der Waals surface area contributed by atoms with Gasteiger partial charge in [0.1, 0.15) is 23.7 Å². The molecule has 37 heavy (non-hydrogen) atoms. The van der Waals surface area contributed by atoms with Gasteiger partial charge in [-0.05, 0) is 48.9 Å². The largest absolute Gasteiger partial charge is 0.488 e. The first-order chi connectivity index (χ1) is 18.0. The molecule has 8 heteroatoms. The van der Waals surface area contributed by atoms with Crippen LogP contribution in [0.25, 0.3) is 16.5 Å². The highest BCUT2D eigenvalue weighted by Crippen LogP contribution is 2.37. The maximum absolute atomic E-state index is 13.6. The number of fused-ring (bicyclic) bond motifs is 3. The molecule has 0 aliphatic carbocycles. The van der Waals surface area contributed by atoms with E-state index in [1.54, 1.807) is 25.1 Å². The van der Waals surface area contributed by atoms with Gasteiger partial charge in [-0.1, -0.05) is 36.4 Å². The lowest BCUT2D eigenvalue weighted by Crippen LogP contribution is -2.30. The molecule has 3 aromatic carbocycles. The molecule has 1 aliphatic rings. The molecule has 4 aromatic rings. The van der Waals surface area contributed by atoms with Crippen LogP contribution in [0, 0.1) is 5.82 Å². The fourth-order valence-electron chi connectivity index (χ4n) is 4.30. The van der Waals surface area contributed by atoms with Crippen molar-refractivity contribution in [2.45, 2.75) is 13.5 Å². The van der Waals surface area contributed by atoms with Gasteiger partial charge in [0.25, 0.3) is 5.91 Å². The second-order valence-corrected chi connectivity index (χ2v) is 8.45. The molecule has 0 saturated carbocycles. The summed E-state index contributed by atoms with van der Waals surface area (Å²) in [6.45, 7) is 1.73. The minimum Gasteiger partial charge on any atom is -0.488 e. The van der Waals surface area contributed by atoms with Gasteiger partial charge in [0, 0.05) is 11.8 Å². The molecular weight excluding hydrogens is 475 g/mol. The minimum atomic E-state index is -0.686. The summed E-state index contributed by atoms with van der Waals surface area (Å²) in [6, 6.07) is 19.9. The number of carbonyl (C=O) groups is 3. The topological polar surface area (TPSA) is 88.7 Å². The summed E-state index contributed by atoms with van der Waals surface area (Å²) < 4.78 is 24.7. The van der Waals surface area contributed by atoms with E-state index in [1.165, 1.54) is 18.3 Å². The van der Waals surface area contributed by atoms with Crippen LogP contribution in [-0.4, -0.2) is 40.7 Å². The Morgan fingerprint density at radius 2 is 1.76 bits per heavy atom. The molecule has 1 N–H and O–H groups in total. The quantitative estimate of drug-likeness (QED) is 0.373. The first kappa shape index (κ1) is 24.0. The van der Waals surface area contributed by atoms with Crippen molar-refractivity contribution in [1.29, 1.82) is 0 Å². The number of carbonyl (C=O) groups excluding carboxylic acids is 3. The minimum absolute atomic E-state index is 0.0309.